The molecule has 0 radical (unpaired) electrons. The Morgan fingerprint density at radius 2 is 1.78 bits per heavy atom. The summed E-state index contributed by atoms with van der Waals surface area (Å²) in [6.07, 6.45) is 2.33. The zero-order chi connectivity index (χ0) is 26.9. The average molecular weight is 518 g/mol. The summed E-state index contributed by atoms with van der Waals surface area (Å²) in [5.74, 6) is 0.132. The fraction of sp³-hybridized carbons (Fsp3) is 0.481. The first-order valence-electron chi connectivity index (χ1n) is 12.2. The van der Waals surface area contributed by atoms with Crippen molar-refractivity contribution < 1.29 is 22.7 Å². The van der Waals surface area contributed by atoms with Gasteiger partial charge in [0, 0.05) is 31.6 Å². The second kappa shape index (κ2) is 13.3. The van der Waals surface area contributed by atoms with Crippen LogP contribution < -0.4 is 14.4 Å². The smallest absolute Gasteiger partial charge is 0.242 e. The molecule has 0 aliphatic rings. The number of carbonyl (C=O) groups excluding carboxylic acids is 2. The minimum atomic E-state index is -3.57. The van der Waals surface area contributed by atoms with Crippen LogP contribution in [0.1, 0.15) is 51.2 Å². The summed E-state index contributed by atoms with van der Waals surface area (Å²) >= 11 is 0. The van der Waals surface area contributed by atoms with E-state index in [2.05, 4.69) is 5.32 Å². The Kier molecular flexibility index (Phi) is 10.8. The second-order valence-electron chi connectivity index (χ2n) is 9.08. The first-order valence-corrected chi connectivity index (χ1v) is 14.1. The van der Waals surface area contributed by atoms with Crippen molar-refractivity contribution in [2.24, 2.45) is 0 Å². The minimum Gasteiger partial charge on any atom is -0.497 e. The number of hydrogen-bond acceptors (Lipinski definition) is 5. The third-order valence-electron chi connectivity index (χ3n) is 6.26. The standard InChI is InChI=1S/C27H39N3O5S/c1-7-21(3)28-27(32)22(4)29(19-23-13-9-8-12-20(23)2)26(31)16-11-17-30(36(6,33)34)24-14-10-15-25(18-24)35-5/h8-10,12-15,18,21-22H,7,11,16-17,19H2,1-6H3,(H,28,32)/t21-,22-/m1/s1. The van der Waals surface area contributed by atoms with Crippen LogP contribution in [0, 0.1) is 6.92 Å². The number of amides is 2. The number of sulfonamides is 1. The molecule has 0 fully saturated rings. The summed E-state index contributed by atoms with van der Waals surface area (Å²) in [5.41, 5.74) is 2.47. The Balaban J connectivity index is 2.19. The van der Waals surface area contributed by atoms with Gasteiger partial charge in [0.25, 0.3) is 0 Å². The summed E-state index contributed by atoms with van der Waals surface area (Å²) in [5, 5.41) is 2.96. The fourth-order valence-electron chi connectivity index (χ4n) is 3.79. The summed E-state index contributed by atoms with van der Waals surface area (Å²) in [4.78, 5) is 27.9. The van der Waals surface area contributed by atoms with E-state index in [9.17, 15) is 18.0 Å². The van der Waals surface area contributed by atoms with Gasteiger partial charge in [0.15, 0.2) is 0 Å². The number of nitrogens with one attached hydrogen (secondary N) is 1. The number of rotatable bonds is 13. The maximum Gasteiger partial charge on any atom is 0.242 e. The van der Waals surface area contributed by atoms with E-state index in [1.54, 1.807) is 36.1 Å². The second-order valence-corrected chi connectivity index (χ2v) is 11.0. The molecular weight excluding hydrogens is 478 g/mol. The molecule has 2 aromatic rings. The first kappa shape index (κ1) is 29.2. The van der Waals surface area contributed by atoms with Crippen molar-refractivity contribution >= 4 is 27.5 Å². The Bertz CT molecular complexity index is 1140. The van der Waals surface area contributed by atoms with Gasteiger partial charge in [-0.15, -0.1) is 0 Å². The predicted octanol–water partition coefficient (Wildman–Crippen LogP) is 3.88. The lowest BCUT2D eigenvalue weighted by molar-refractivity contribution is -0.140. The van der Waals surface area contributed by atoms with Crippen LogP contribution in [0.3, 0.4) is 0 Å². The van der Waals surface area contributed by atoms with Crippen LogP contribution in [0.25, 0.3) is 0 Å². The maximum absolute atomic E-state index is 13.4. The summed E-state index contributed by atoms with van der Waals surface area (Å²) < 4.78 is 31.5. The van der Waals surface area contributed by atoms with Crippen LogP contribution in [0.2, 0.25) is 0 Å². The van der Waals surface area contributed by atoms with Crippen molar-refractivity contribution in [2.75, 3.05) is 24.2 Å². The van der Waals surface area contributed by atoms with E-state index in [0.717, 1.165) is 23.8 Å². The summed E-state index contributed by atoms with van der Waals surface area (Å²) in [6, 6.07) is 13.9. The molecule has 0 bridgehead atoms. The number of nitrogens with zero attached hydrogens (tertiary/aromatic N) is 2. The zero-order valence-corrected chi connectivity index (χ0v) is 23.0. The van der Waals surface area contributed by atoms with E-state index in [1.807, 2.05) is 45.0 Å². The van der Waals surface area contributed by atoms with Gasteiger partial charge >= 0.3 is 0 Å². The van der Waals surface area contributed by atoms with Crippen LogP contribution in [0.15, 0.2) is 48.5 Å². The van der Waals surface area contributed by atoms with Crippen LogP contribution in [-0.4, -0.2) is 57.1 Å². The van der Waals surface area contributed by atoms with Gasteiger partial charge in [-0.3, -0.25) is 13.9 Å². The molecule has 2 rings (SSSR count). The molecule has 198 valence electrons. The molecule has 0 aliphatic heterocycles. The molecule has 0 spiro atoms. The number of carbonyl (C=O) groups is 2. The summed E-state index contributed by atoms with van der Waals surface area (Å²) in [7, 11) is -2.05. The normalized spacial score (nSPS) is 12.9. The van der Waals surface area contributed by atoms with Crippen molar-refractivity contribution in [3.05, 3.63) is 59.7 Å². The summed E-state index contributed by atoms with van der Waals surface area (Å²) in [6.45, 7) is 8.04. The van der Waals surface area contributed by atoms with Crippen molar-refractivity contribution in [3.8, 4) is 5.75 Å². The lowest BCUT2D eigenvalue weighted by Gasteiger charge is -2.30. The van der Waals surface area contributed by atoms with Crippen LogP contribution in [0.4, 0.5) is 5.69 Å². The van der Waals surface area contributed by atoms with Gasteiger partial charge in [-0.1, -0.05) is 37.3 Å². The van der Waals surface area contributed by atoms with Gasteiger partial charge in [0.1, 0.15) is 11.8 Å². The number of ether oxygens (including phenoxy) is 1. The zero-order valence-electron chi connectivity index (χ0n) is 22.2. The largest absolute Gasteiger partial charge is 0.497 e. The Hall–Kier alpha value is -3.07. The third-order valence-corrected chi connectivity index (χ3v) is 7.46. The molecule has 0 saturated heterocycles. The van der Waals surface area contributed by atoms with E-state index in [1.165, 1.54) is 11.4 Å². The molecule has 0 unspecified atom stereocenters. The Morgan fingerprint density at radius 1 is 1.08 bits per heavy atom. The molecule has 0 heterocycles. The molecule has 2 amide bonds. The molecule has 1 N–H and O–H groups in total. The van der Waals surface area contributed by atoms with Gasteiger partial charge in [0.05, 0.1) is 19.1 Å². The predicted molar refractivity (Wildman–Crippen MR) is 144 cm³/mol. The minimum absolute atomic E-state index is 0.00143. The van der Waals surface area contributed by atoms with Crippen molar-refractivity contribution in [1.82, 2.24) is 10.2 Å². The molecule has 36 heavy (non-hydrogen) atoms. The van der Waals surface area contributed by atoms with Gasteiger partial charge in [-0.25, -0.2) is 8.42 Å². The molecule has 9 heteroatoms. The van der Waals surface area contributed by atoms with Crippen molar-refractivity contribution in [1.29, 1.82) is 0 Å². The lowest BCUT2D eigenvalue weighted by atomic mass is 10.1. The number of methoxy groups -OCH3 is 1. The van der Waals surface area contributed by atoms with Crippen molar-refractivity contribution in [3.63, 3.8) is 0 Å². The number of aryl methyl sites for hydroxylation is 1. The highest BCUT2D eigenvalue weighted by Gasteiger charge is 2.27. The monoisotopic (exact) mass is 517 g/mol. The van der Waals surface area contributed by atoms with E-state index in [4.69, 9.17) is 4.74 Å². The maximum atomic E-state index is 13.4. The average Bonchev–Trinajstić information content (AvgIpc) is 2.84. The SMILES string of the molecule is CC[C@@H](C)NC(=O)[C@@H](C)N(Cc1ccccc1C)C(=O)CCCN(c1cccc(OC)c1)S(C)(=O)=O. The molecule has 2 aromatic carbocycles. The van der Waals surface area contributed by atoms with E-state index >= 15 is 0 Å². The van der Waals surface area contributed by atoms with Crippen LogP contribution >= 0.6 is 0 Å². The fourth-order valence-corrected chi connectivity index (χ4v) is 4.75. The number of benzene rings is 2. The van der Waals surface area contributed by atoms with Gasteiger partial charge in [-0.2, -0.15) is 0 Å². The number of hydrogen-bond donors (Lipinski definition) is 1. The molecule has 2 atom stereocenters. The quantitative estimate of drug-likeness (QED) is 0.435. The van der Waals surface area contributed by atoms with Gasteiger partial charge < -0.3 is 15.0 Å². The van der Waals surface area contributed by atoms with Gasteiger partial charge in [-0.05, 0) is 56.9 Å². The molecule has 0 saturated carbocycles. The molecule has 8 nitrogen and oxygen atoms in total. The van der Waals surface area contributed by atoms with Gasteiger partial charge in [0.2, 0.25) is 21.8 Å². The number of anilines is 1. The first-order chi connectivity index (χ1) is 17.0. The Morgan fingerprint density at radius 3 is 2.39 bits per heavy atom. The highest BCUT2D eigenvalue weighted by atomic mass is 32.2. The highest BCUT2D eigenvalue weighted by Crippen LogP contribution is 2.24. The van der Waals surface area contributed by atoms with E-state index < -0.39 is 16.1 Å². The lowest BCUT2D eigenvalue weighted by Crippen LogP contribution is -2.49. The van der Waals surface area contributed by atoms with Crippen LogP contribution in [-0.2, 0) is 26.2 Å². The van der Waals surface area contributed by atoms with Crippen LogP contribution in [0.5, 0.6) is 5.75 Å². The molecule has 0 aliphatic carbocycles. The highest BCUT2D eigenvalue weighted by molar-refractivity contribution is 7.92. The topological polar surface area (TPSA) is 96.0 Å². The molecule has 0 aromatic heterocycles. The Labute approximate surface area is 215 Å². The third kappa shape index (κ3) is 8.26. The van der Waals surface area contributed by atoms with Crippen molar-refractivity contribution in [2.45, 2.75) is 65.6 Å². The molecular formula is C27H39N3O5S. The van der Waals surface area contributed by atoms with E-state index in [0.29, 0.717) is 24.4 Å². The van der Waals surface area contributed by atoms with E-state index in [-0.39, 0.29) is 30.8 Å².